The van der Waals surface area contributed by atoms with Crippen molar-refractivity contribution in [2.24, 2.45) is 5.92 Å². The molecular weight excluding hydrogens is 288 g/mol. The molecule has 0 amide bonds. The van der Waals surface area contributed by atoms with E-state index in [-0.39, 0.29) is 0 Å². The van der Waals surface area contributed by atoms with Crippen molar-refractivity contribution in [2.75, 3.05) is 12.8 Å². The third-order valence-electron chi connectivity index (χ3n) is 4.04. The normalized spacial score (nSPS) is 24.4. The molecule has 2 nitrogen and oxygen atoms in total. The first-order valence-corrected chi connectivity index (χ1v) is 7.61. The number of benzene rings is 1. The van der Waals surface area contributed by atoms with Crippen LogP contribution in [0.15, 0.2) is 22.7 Å². The summed E-state index contributed by atoms with van der Waals surface area (Å²) in [4.78, 5) is 2.49. The second-order valence-corrected chi connectivity index (χ2v) is 6.55. The first-order chi connectivity index (χ1) is 8.56. The number of nitrogens with zero attached hydrogens (tertiary/aromatic N) is 1. The van der Waals surface area contributed by atoms with Crippen molar-refractivity contribution >= 4 is 21.6 Å². The summed E-state index contributed by atoms with van der Waals surface area (Å²) < 4.78 is 1.07. The van der Waals surface area contributed by atoms with Gasteiger partial charge >= 0.3 is 0 Å². The molecule has 1 saturated carbocycles. The monoisotopic (exact) mass is 310 g/mol. The van der Waals surface area contributed by atoms with Crippen LogP contribution < -0.4 is 5.73 Å². The van der Waals surface area contributed by atoms with Crippen molar-refractivity contribution < 1.29 is 0 Å². The minimum Gasteiger partial charge on any atom is -0.399 e. The molecule has 0 bridgehead atoms. The molecule has 0 saturated heterocycles. The Hall–Kier alpha value is -0.540. The van der Waals surface area contributed by atoms with E-state index in [1.54, 1.807) is 0 Å². The van der Waals surface area contributed by atoms with E-state index in [2.05, 4.69) is 46.9 Å². The second-order valence-electron chi connectivity index (χ2n) is 5.64. The maximum atomic E-state index is 5.89. The van der Waals surface area contributed by atoms with E-state index in [9.17, 15) is 0 Å². The van der Waals surface area contributed by atoms with Crippen LogP contribution in [0.2, 0.25) is 0 Å². The highest BCUT2D eigenvalue weighted by Crippen LogP contribution is 2.28. The zero-order valence-electron chi connectivity index (χ0n) is 11.3. The minimum atomic E-state index is 0.721. The molecule has 2 atom stereocenters. The molecule has 18 heavy (non-hydrogen) atoms. The summed E-state index contributed by atoms with van der Waals surface area (Å²) in [7, 11) is 2.24. The fourth-order valence-electron chi connectivity index (χ4n) is 3.12. The standard InChI is InChI=1S/C15H23BrN2/c1-11-5-3-4-6-15(11)18(2)10-12-7-13(16)9-14(17)8-12/h7-9,11,15H,3-6,10,17H2,1-2H3. The zero-order valence-corrected chi connectivity index (χ0v) is 12.9. The summed E-state index contributed by atoms with van der Waals surface area (Å²) in [5, 5.41) is 0. The van der Waals surface area contributed by atoms with E-state index >= 15 is 0 Å². The summed E-state index contributed by atoms with van der Waals surface area (Å²) in [6.07, 6.45) is 5.48. The maximum Gasteiger partial charge on any atom is 0.0328 e. The van der Waals surface area contributed by atoms with Gasteiger partial charge < -0.3 is 5.73 Å². The van der Waals surface area contributed by atoms with Crippen LogP contribution >= 0.6 is 15.9 Å². The number of anilines is 1. The number of hydrogen-bond donors (Lipinski definition) is 1. The number of hydrogen-bond acceptors (Lipinski definition) is 2. The Kier molecular flexibility index (Phi) is 4.68. The fourth-order valence-corrected chi connectivity index (χ4v) is 3.68. The largest absolute Gasteiger partial charge is 0.399 e. The predicted octanol–water partition coefficient (Wildman–Crippen LogP) is 4.04. The number of nitrogen functional groups attached to an aromatic ring is 1. The summed E-state index contributed by atoms with van der Waals surface area (Å²) in [5.41, 5.74) is 8.02. The summed E-state index contributed by atoms with van der Waals surface area (Å²) in [6.45, 7) is 3.37. The lowest BCUT2D eigenvalue weighted by atomic mass is 9.85. The van der Waals surface area contributed by atoms with Gasteiger partial charge in [-0.1, -0.05) is 35.7 Å². The van der Waals surface area contributed by atoms with Gasteiger partial charge in [0.1, 0.15) is 0 Å². The average molecular weight is 311 g/mol. The Morgan fingerprint density at radius 2 is 2.00 bits per heavy atom. The first kappa shape index (κ1) is 13.9. The van der Waals surface area contributed by atoms with E-state index < -0.39 is 0 Å². The molecule has 100 valence electrons. The van der Waals surface area contributed by atoms with Crippen molar-refractivity contribution in [1.82, 2.24) is 4.90 Å². The van der Waals surface area contributed by atoms with Crippen LogP contribution in [0.5, 0.6) is 0 Å². The van der Waals surface area contributed by atoms with E-state index in [4.69, 9.17) is 5.73 Å². The van der Waals surface area contributed by atoms with Crippen molar-refractivity contribution in [1.29, 1.82) is 0 Å². The molecule has 2 N–H and O–H groups in total. The maximum absolute atomic E-state index is 5.89. The van der Waals surface area contributed by atoms with Crippen LogP contribution in [0.4, 0.5) is 5.69 Å². The Morgan fingerprint density at radius 3 is 2.67 bits per heavy atom. The number of nitrogens with two attached hydrogens (primary N) is 1. The highest BCUT2D eigenvalue weighted by molar-refractivity contribution is 9.10. The van der Waals surface area contributed by atoms with Crippen molar-refractivity contribution in [3.63, 3.8) is 0 Å². The van der Waals surface area contributed by atoms with E-state index in [0.717, 1.165) is 28.7 Å². The smallest absolute Gasteiger partial charge is 0.0328 e. The van der Waals surface area contributed by atoms with Gasteiger partial charge in [-0.05, 0) is 49.6 Å². The van der Waals surface area contributed by atoms with Crippen molar-refractivity contribution in [3.8, 4) is 0 Å². The van der Waals surface area contributed by atoms with Gasteiger partial charge in [0.05, 0.1) is 0 Å². The Labute approximate surface area is 119 Å². The fraction of sp³-hybridized carbons (Fsp3) is 0.600. The molecule has 1 fully saturated rings. The van der Waals surface area contributed by atoms with Gasteiger partial charge in [0.25, 0.3) is 0 Å². The van der Waals surface area contributed by atoms with Crippen molar-refractivity contribution in [2.45, 2.75) is 45.2 Å². The van der Waals surface area contributed by atoms with Gasteiger partial charge in [-0.3, -0.25) is 4.90 Å². The van der Waals surface area contributed by atoms with Gasteiger partial charge in [-0.15, -0.1) is 0 Å². The molecule has 0 aliphatic heterocycles. The third kappa shape index (κ3) is 3.48. The first-order valence-electron chi connectivity index (χ1n) is 6.81. The Bertz CT molecular complexity index is 385. The Morgan fingerprint density at radius 1 is 1.28 bits per heavy atom. The molecule has 0 radical (unpaired) electrons. The predicted molar refractivity (Wildman–Crippen MR) is 81.4 cm³/mol. The zero-order chi connectivity index (χ0) is 13.1. The van der Waals surface area contributed by atoms with Crippen LogP contribution in [0.3, 0.4) is 0 Å². The molecule has 0 spiro atoms. The topological polar surface area (TPSA) is 29.3 Å². The SMILES string of the molecule is CC1CCCCC1N(C)Cc1cc(N)cc(Br)c1. The molecule has 1 aromatic rings. The van der Waals surface area contributed by atoms with Gasteiger partial charge in [0.15, 0.2) is 0 Å². The van der Waals surface area contributed by atoms with Crippen LogP contribution in [0.25, 0.3) is 0 Å². The van der Waals surface area contributed by atoms with Crippen molar-refractivity contribution in [3.05, 3.63) is 28.2 Å². The molecule has 0 aromatic heterocycles. The summed E-state index contributed by atoms with van der Waals surface area (Å²) in [5.74, 6) is 0.813. The van der Waals surface area contributed by atoms with Gasteiger partial charge in [0, 0.05) is 22.7 Å². The van der Waals surface area contributed by atoms with E-state index in [1.807, 2.05) is 6.07 Å². The molecule has 1 aliphatic carbocycles. The molecule has 2 unspecified atom stereocenters. The van der Waals surface area contributed by atoms with Crippen LogP contribution in [-0.2, 0) is 6.54 Å². The highest BCUT2D eigenvalue weighted by atomic mass is 79.9. The van der Waals surface area contributed by atoms with Gasteiger partial charge in [-0.25, -0.2) is 0 Å². The molecule has 0 heterocycles. The molecular formula is C15H23BrN2. The van der Waals surface area contributed by atoms with E-state index in [0.29, 0.717) is 0 Å². The Balaban J connectivity index is 2.03. The lowest BCUT2D eigenvalue weighted by molar-refractivity contribution is 0.133. The summed E-state index contributed by atoms with van der Waals surface area (Å²) >= 11 is 3.51. The average Bonchev–Trinajstić information content (AvgIpc) is 2.27. The van der Waals surface area contributed by atoms with Gasteiger partial charge in [-0.2, -0.15) is 0 Å². The van der Waals surface area contributed by atoms with Crippen LogP contribution in [-0.4, -0.2) is 18.0 Å². The van der Waals surface area contributed by atoms with Crippen LogP contribution in [0, 0.1) is 5.92 Å². The lowest BCUT2D eigenvalue weighted by Crippen LogP contribution is -2.38. The highest BCUT2D eigenvalue weighted by Gasteiger charge is 2.24. The minimum absolute atomic E-state index is 0.721. The lowest BCUT2D eigenvalue weighted by Gasteiger charge is -2.36. The molecule has 1 aliphatic rings. The third-order valence-corrected chi connectivity index (χ3v) is 4.50. The second kappa shape index (κ2) is 6.07. The summed E-state index contributed by atoms with van der Waals surface area (Å²) in [6, 6.07) is 6.92. The molecule has 2 rings (SSSR count). The quantitative estimate of drug-likeness (QED) is 0.854. The van der Waals surface area contributed by atoms with E-state index in [1.165, 1.54) is 31.2 Å². The van der Waals surface area contributed by atoms with Gasteiger partial charge in [0.2, 0.25) is 0 Å². The number of rotatable bonds is 3. The number of halogens is 1. The molecule has 1 aromatic carbocycles. The van der Waals surface area contributed by atoms with Crippen LogP contribution in [0.1, 0.15) is 38.2 Å². The molecule has 3 heteroatoms.